The molecule has 2 saturated heterocycles. The Hall–Kier alpha value is -4.03. The minimum atomic E-state index is -1.14. The zero-order valence-corrected chi connectivity index (χ0v) is 23.9. The van der Waals surface area contributed by atoms with Crippen LogP contribution in [0.15, 0.2) is 36.5 Å². The molecular formula is C29H31ClF2N6O4. The Bertz CT molecular complexity index is 1520. The van der Waals surface area contributed by atoms with Gasteiger partial charge in [0.25, 0.3) is 11.8 Å². The molecule has 2 fully saturated rings. The van der Waals surface area contributed by atoms with Crippen molar-refractivity contribution >= 4 is 35.0 Å². The van der Waals surface area contributed by atoms with Crippen LogP contribution >= 0.6 is 11.6 Å². The van der Waals surface area contributed by atoms with Crippen LogP contribution in [0.2, 0.25) is 5.02 Å². The van der Waals surface area contributed by atoms with Gasteiger partial charge in [-0.3, -0.25) is 14.4 Å². The van der Waals surface area contributed by atoms with E-state index in [9.17, 15) is 23.2 Å². The molecule has 0 spiro atoms. The Morgan fingerprint density at radius 1 is 1.07 bits per heavy atom. The van der Waals surface area contributed by atoms with Crippen LogP contribution in [-0.2, 0) is 11.8 Å². The number of carbonyl (C=O) groups excluding carboxylic acids is 3. The highest BCUT2D eigenvalue weighted by atomic mass is 35.5. The molecule has 0 bridgehead atoms. The second-order valence-corrected chi connectivity index (χ2v) is 10.8. The van der Waals surface area contributed by atoms with Gasteiger partial charge in [-0.25, -0.2) is 9.37 Å². The molecule has 0 unspecified atom stereocenters. The van der Waals surface area contributed by atoms with Crippen molar-refractivity contribution in [1.82, 2.24) is 25.1 Å². The van der Waals surface area contributed by atoms with Crippen LogP contribution < -0.4 is 20.7 Å². The van der Waals surface area contributed by atoms with Crippen molar-refractivity contribution in [2.75, 3.05) is 38.6 Å². The van der Waals surface area contributed by atoms with Gasteiger partial charge in [0, 0.05) is 44.0 Å². The van der Waals surface area contributed by atoms with Gasteiger partial charge < -0.3 is 30.2 Å². The summed E-state index contributed by atoms with van der Waals surface area (Å²) < 4.78 is 35.0. The van der Waals surface area contributed by atoms with Gasteiger partial charge in [-0.05, 0) is 56.1 Å². The predicted molar refractivity (Wildman–Crippen MR) is 153 cm³/mol. The Balaban J connectivity index is 1.19. The summed E-state index contributed by atoms with van der Waals surface area (Å²) in [5, 5.41) is 9.02. The number of hydrogen-bond acceptors (Lipinski definition) is 6. The second-order valence-electron chi connectivity index (χ2n) is 10.4. The summed E-state index contributed by atoms with van der Waals surface area (Å²) in [5.41, 5.74) is 0.682. The van der Waals surface area contributed by atoms with Crippen LogP contribution in [0.4, 0.5) is 14.5 Å². The number of rotatable bonds is 7. The number of aromatic nitrogens is 2. The maximum atomic E-state index is 14.6. The first-order valence-electron chi connectivity index (χ1n) is 13.6. The van der Waals surface area contributed by atoms with Crippen molar-refractivity contribution in [3.8, 4) is 17.0 Å². The average molecular weight is 601 g/mol. The van der Waals surface area contributed by atoms with Crippen molar-refractivity contribution in [3.63, 3.8) is 0 Å². The molecular weight excluding hydrogens is 570 g/mol. The Kier molecular flexibility index (Phi) is 8.74. The molecule has 222 valence electrons. The van der Waals surface area contributed by atoms with Gasteiger partial charge >= 0.3 is 0 Å². The fourth-order valence-corrected chi connectivity index (χ4v) is 5.62. The van der Waals surface area contributed by atoms with E-state index in [0.717, 1.165) is 19.5 Å². The van der Waals surface area contributed by atoms with E-state index in [1.807, 2.05) is 4.90 Å². The van der Waals surface area contributed by atoms with Crippen molar-refractivity contribution in [2.45, 2.75) is 25.3 Å². The van der Waals surface area contributed by atoms with Crippen molar-refractivity contribution < 1.29 is 27.9 Å². The summed E-state index contributed by atoms with van der Waals surface area (Å²) in [7, 11) is 2.74. The minimum absolute atomic E-state index is 0.0365. The Morgan fingerprint density at radius 2 is 1.83 bits per heavy atom. The van der Waals surface area contributed by atoms with E-state index in [1.54, 1.807) is 0 Å². The molecule has 0 aliphatic carbocycles. The van der Waals surface area contributed by atoms with Gasteiger partial charge in [0.15, 0.2) is 17.4 Å². The lowest BCUT2D eigenvalue weighted by molar-refractivity contribution is -0.136. The SMILES string of the molecule is COc1ccc(-c2cnc(C(=O)Nc3ccc(C(=O)NC4CCN(C(=O)[C@@H]5CCNC5)CC4)c(Cl)c3)n2C)c(F)c1F. The minimum Gasteiger partial charge on any atom is -0.494 e. The number of benzene rings is 2. The monoisotopic (exact) mass is 600 g/mol. The topological polar surface area (TPSA) is 118 Å². The van der Waals surface area contributed by atoms with Gasteiger partial charge in [0.2, 0.25) is 11.7 Å². The van der Waals surface area contributed by atoms with E-state index in [0.29, 0.717) is 31.6 Å². The van der Waals surface area contributed by atoms with Crippen LogP contribution in [-0.4, -0.2) is 71.5 Å². The number of carbonyl (C=O) groups is 3. The normalized spacial score (nSPS) is 17.3. The highest BCUT2D eigenvalue weighted by molar-refractivity contribution is 6.34. The largest absolute Gasteiger partial charge is 0.494 e. The zero-order valence-electron chi connectivity index (χ0n) is 23.2. The molecule has 1 atom stereocenters. The highest BCUT2D eigenvalue weighted by Gasteiger charge is 2.30. The summed E-state index contributed by atoms with van der Waals surface area (Å²) in [6.07, 6.45) is 3.44. The van der Waals surface area contributed by atoms with Crippen LogP contribution in [0.1, 0.15) is 40.2 Å². The molecule has 3 amide bonds. The molecule has 5 rings (SSSR count). The third-order valence-corrected chi connectivity index (χ3v) is 8.07. The van der Waals surface area contributed by atoms with E-state index in [1.165, 1.54) is 55.3 Å². The summed E-state index contributed by atoms with van der Waals surface area (Å²) in [6.45, 7) is 2.77. The fraction of sp³-hybridized carbons (Fsp3) is 0.379. The van der Waals surface area contributed by atoms with E-state index in [2.05, 4.69) is 20.9 Å². The number of imidazole rings is 1. The lowest BCUT2D eigenvalue weighted by Crippen LogP contribution is -2.48. The van der Waals surface area contributed by atoms with Crippen LogP contribution in [0.3, 0.4) is 0 Å². The van der Waals surface area contributed by atoms with Crippen LogP contribution in [0, 0.1) is 17.6 Å². The number of hydrogen-bond donors (Lipinski definition) is 3. The van der Waals surface area contributed by atoms with Crippen molar-refractivity contribution in [2.24, 2.45) is 13.0 Å². The van der Waals surface area contributed by atoms with Crippen molar-refractivity contribution in [3.05, 3.63) is 64.6 Å². The molecule has 2 aliphatic rings. The van der Waals surface area contributed by atoms with Crippen LogP contribution in [0.25, 0.3) is 11.3 Å². The van der Waals surface area contributed by atoms with E-state index < -0.39 is 17.5 Å². The maximum Gasteiger partial charge on any atom is 0.291 e. The number of halogens is 3. The molecule has 10 nitrogen and oxygen atoms in total. The smallest absolute Gasteiger partial charge is 0.291 e. The quantitative estimate of drug-likeness (QED) is 0.381. The van der Waals surface area contributed by atoms with Crippen molar-refractivity contribution in [1.29, 1.82) is 0 Å². The fourth-order valence-electron chi connectivity index (χ4n) is 5.35. The number of piperidine rings is 1. The van der Waals surface area contributed by atoms with Gasteiger partial charge in [0.1, 0.15) is 0 Å². The third kappa shape index (κ3) is 5.95. The van der Waals surface area contributed by atoms with Crippen LogP contribution in [0.5, 0.6) is 5.75 Å². The van der Waals surface area contributed by atoms with Gasteiger partial charge in [-0.1, -0.05) is 11.6 Å². The number of nitrogens with one attached hydrogen (secondary N) is 3. The zero-order chi connectivity index (χ0) is 30.0. The summed E-state index contributed by atoms with van der Waals surface area (Å²) in [6, 6.07) is 7.06. The second kappa shape index (κ2) is 12.5. The average Bonchev–Trinajstić information content (AvgIpc) is 3.65. The number of nitrogens with zero attached hydrogens (tertiary/aromatic N) is 3. The molecule has 42 heavy (non-hydrogen) atoms. The molecule has 3 heterocycles. The summed E-state index contributed by atoms with van der Waals surface area (Å²) >= 11 is 6.40. The lowest BCUT2D eigenvalue weighted by atomic mass is 10.0. The van der Waals surface area contributed by atoms with Gasteiger partial charge in [-0.2, -0.15) is 4.39 Å². The highest BCUT2D eigenvalue weighted by Crippen LogP contribution is 2.30. The molecule has 3 N–H and O–H groups in total. The van der Waals surface area contributed by atoms with Gasteiger partial charge in [0.05, 0.1) is 35.5 Å². The van der Waals surface area contributed by atoms with E-state index in [-0.39, 0.29) is 57.2 Å². The predicted octanol–water partition coefficient (Wildman–Crippen LogP) is 3.61. The van der Waals surface area contributed by atoms with Gasteiger partial charge in [-0.15, -0.1) is 0 Å². The molecule has 0 saturated carbocycles. The first-order chi connectivity index (χ1) is 20.2. The summed E-state index contributed by atoms with van der Waals surface area (Å²) in [5.74, 6) is -3.29. The first-order valence-corrected chi connectivity index (χ1v) is 14.0. The number of ether oxygens (including phenoxy) is 1. The number of methoxy groups -OCH3 is 1. The molecule has 1 aromatic heterocycles. The molecule has 2 aromatic carbocycles. The molecule has 13 heteroatoms. The van der Waals surface area contributed by atoms with E-state index >= 15 is 0 Å². The lowest BCUT2D eigenvalue weighted by Gasteiger charge is -2.33. The molecule has 0 radical (unpaired) electrons. The van der Waals surface area contributed by atoms with E-state index in [4.69, 9.17) is 16.3 Å². The number of amides is 3. The first kappa shape index (κ1) is 29.5. The third-order valence-electron chi connectivity index (χ3n) is 7.76. The Labute approximate surface area is 246 Å². The number of likely N-dealkylation sites (tertiary alicyclic amines) is 1. The maximum absolute atomic E-state index is 14.6. The number of anilines is 1. The Morgan fingerprint density at radius 3 is 2.50 bits per heavy atom. The molecule has 2 aliphatic heterocycles. The molecule has 3 aromatic rings. The standard InChI is InChI=1S/C29H31ClF2N6O4/c1-37-22(20-5-6-23(42-2)25(32)24(20)31)15-34-26(37)28(40)36-18-3-4-19(21(30)13-18)27(39)35-17-8-11-38(12-9-17)29(41)16-7-10-33-14-16/h3-6,13,15-17,33H,7-12,14H2,1-2H3,(H,35,39)(H,36,40)/t16-/m1/s1. The summed E-state index contributed by atoms with van der Waals surface area (Å²) in [4.78, 5) is 44.5.